The molecule has 1 aromatic heterocycles. The Morgan fingerprint density at radius 2 is 2.50 bits per heavy atom. The first kappa shape index (κ1) is 10.7. The molecular weight excluding hydrogens is 184 g/mol. The zero-order chi connectivity index (χ0) is 10.6. The van der Waals surface area contributed by atoms with Crippen LogP contribution in [0.3, 0.4) is 0 Å². The molecule has 0 aliphatic rings. The van der Waals surface area contributed by atoms with E-state index in [1.54, 1.807) is 24.6 Å². The summed E-state index contributed by atoms with van der Waals surface area (Å²) in [7, 11) is 0. The maximum absolute atomic E-state index is 11.3. The summed E-state index contributed by atoms with van der Waals surface area (Å²) in [6, 6.07) is -0.400. The fourth-order valence-electron chi connectivity index (χ4n) is 1.06. The highest BCUT2D eigenvalue weighted by Crippen LogP contribution is 2.08. The molecule has 5 nitrogen and oxygen atoms in total. The SMILES string of the molecule is CCOC(=O)C(C)n1cnc(CO)c1. The van der Waals surface area contributed by atoms with Crippen molar-refractivity contribution in [3.63, 3.8) is 0 Å². The number of aliphatic hydroxyl groups excluding tert-OH is 1. The summed E-state index contributed by atoms with van der Waals surface area (Å²) >= 11 is 0. The van der Waals surface area contributed by atoms with E-state index in [9.17, 15) is 4.79 Å². The van der Waals surface area contributed by atoms with Crippen molar-refractivity contribution >= 4 is 5.97 Å². The fraction of sp³-hybridized carbons (Fsp3) is 0.556. The summed E-state index contributed by atoms with van der Waals surface area (Å²) in [5.74, 6) is -0.297. The number of hydrogen-bond acceptors (Lipinski definition) is 4. The van der Waals surface area contributed by atoms with Crippen molar-refractivity contribution < 1.29 is 14.6 Å². The molecule has 0 amide bonds. The summed E-state index contributed by atoms with van der Waals surface area (Å²) in [5, 5.41) is 8.78. The molecule has 0 aliphatic heterocycles. The van der Waals surface area contributed by atoms with Gasteiger partial charge in [0, 0.05) is 6.20 Å². The van der Waals surface area contributed by atoms with Gasteiger partial charge >= 0.3 is 5.97 Å². The van der Waals surface area contributed by atoms with Crippen LogP contribution >= 0.6 is 0 Å². The van der Waals surface area contributed by atoms with E-state index in [4.69, 9.17) is 9.84 Å². The van der Waals surface area contributed by atoms with Crippen molar-refractivity contribution in [2.45, 2.75) is 26.5 Å². The summed E-state index contributed by atoms with van der Waals surface area (Å²) in [6.45, 7) is 3.73. The molecule has 14 heavy (non-hydrogen) atoms. The topological polar surface area (TPSA) is 64.4 Å². The molecule has 5 heteroatoms. The molecule has 0 fully saturated rings. The van der Waals surface area contributed by atoms with Crippen molar-refractivity contribution in [2.75, 3.05) is 6.61 Å². The van der Waals surface area contributed by atoms with Gasteiger partial charge < -0.3 is 14.4 Å². The molecule has 0 aromatic carbocycles. The van der Waals surface area contributed by atoms with Crippen LogP contribution in [0.5, 0.6) is 0 Å². The first-order chi connectivity index (χ1) is 6.69. The maximum atomic E-state index is 11.3. The third kappa shape index (κ3) is 2.32. The normalized spacial score (nSPS) is 12.5. The average molecular weight is 198 g/mol. The van der Waals surface area contributed by atoms with E-state index in [1.807, 2.05) is 0 Å². The van der Waals surface area contributed by atoms with Crippen molar-refractivity contribution in [2.24, 2.45) is 0 Å². The Labute approximate surface area is 82.3 Å². The van der Waals surface area contributed by atoms with Gasteiger partial charge in [-0.25, -0.2) is 9.78 Å². The monoisotopic (exact) mass is 198 g/mol. The van der Waals surface area contributed by atoms with Crippen molar-refractivity contribution in [1.29, 1.82) is 0 Å². The number of rotatable bonds is 4. The van der Waals surface area contributed by atoms with Crippen LogP contribution in [-0.4, -0.2) is 27.2 Å². The Hall–Kier alpha value is -1.36. The van der Waals surface area contributed by atoms with Gasteiger partial charge in [-0.05, 0) is 13.8 Å². The minimum absolute atomic E-state index is 0.122. The van der Waals surface area contributed by atoms with Crippen molar-refractivity contribution in [3.05, 3.63) is 18.2 Å². The van der Waals surface area contributed by atoms with E-state index in [0.717, 1.165) is 0 Å². The van der Waals surface area contributed by atoms with Gasteiger partial charge in [-0.2, -0.15) is 0 Å². The third-order valence-electron chi connectivity index (χ3n) is 1.89. The molecule has 78 valence electrons. The lowest BCUT2D eigenvalue weighted by atomic mass is 10.3. The lowest BCUT2D eigenvalue weighted by Crippen LogP contribution is -2.17. The zero-order valence-electron chi connectivity index (χ0n) is 8.30. The minimum Gasteiger partial charge on any atom is -0.464 e. The van der Waals surface area contributed by atoms with E-state index >= 15 is 0 Å². The highest BCUT2D eigenvalue weighted by atomic mass is 16.5. The first-order valence-corrected chi connectivity index (χ1v) is 4.48. The highest BCUT2D eigenvalue weighted by Gasteiger charge is 2.15. The second kappa shape index (κ2) is 4.76. The van der Waals surface area contributed by atoms with Crippen LogP contribution in [0, 0.1) is 0 Å². The van der Waals surface area contributed by atoms with E-state index < -0.39 is 6.04 Å². The largest absolute Gasteiger partial charge is 0.464 e. The van der Waals surface area contributed by atoms with Gasteiger partial charge in [0.15, 0.2) is 0 Å². The number of hydrogen-bond donors (Lipinski definition) is 1. The molecular formula is C9H14N2O3. The molecule has 1 N–H and O–H groups in total. The average Bonchev–Trinajstić information content (AvgIpc) is 2.65. The fourth-order valence-corrected chi connectivity index (χ4v) is 1.06. The minimum atomic E-state index is -0.400. The maximum Gasteiger partial charge on any atom is 0.328 e. The molecule has 1 heterocycles. The number of ether oxygens (including phenoxy) is 1. The molecule has 1 unspecified atom stereocenters. The number of imidazole rings is 1. The van der Waals surface area contributed by atoms with Gasteiger partial charge in [-0.15, -0.1) is 0 Å². The predicted molar refractivity (Wildman–Crippen MR) is 49.5 cm³/mol. The van der Waals surface area contributed by atoms with Crippen LogP contribution in [0.4, 0.5) is 0 Å². The van der Waals surface area contributed by atoms with E-state index in [-0.39, 0.29) is 12.6 Å². The lowest BCUT2D eigenvalue weighted by molar-refractivity contribution is -0.146. The smallest absolute Gasteiger partial charge is 0.328 e. The Morgan fingerprint density at radius 1 is 1.79 bits per heavy atom. The number of nitrogens with zero attached hydrogens (tertiary/aromatic N) is 2. The van der Waals surface area contributed by atoms with Gasteiger partial charge in [0.2, 0.25) is 0 Å². The third-order valence-corrected chi connectivity index (χ3v) is 1.89. The summed E-state index contributed by atoms with van der Waals surface area (Å²) in [6.07, 6.45) is 3.13. The Kier molecular flexibility index (Phi) is 3.64. The molecule has 1 atom stereocenters. The summed E-state index contributed by atoms with van der Waals surface area (Å²) in [4.78, 5) is 15.2. The number of aromatic nitrogens is 2. The lowest BCUT2D eigenvalue weighted by Gasteiger charge is -2.10. The van der Waals surface area contributed by atoms with Gasteiger partial charge in [-0.1, -0.05) is 0 Å². The van der Waals surface area contributed by atoms with E-state index in [1.165, 1.54) is 6.33 Å². The van der Waals surface area contributed by atoms with Crippen LogP contribution in [-0.2, 0) is 16.1 Å². The standard InChI is InChI=1S/C9H14N2O3/c1-3-14-9(13)7(2)11-4-8(5-12)10-6-11/h4,6-7,12H,3,5H2,1-2H3. The highest BCUT2D eigenvalue weighted by molar-refractivity contribution is 5.73. The van der Waals surface area contributed by atoms with Crippen molar-refractivity contribution in [1.82, 2.24) is 9.55 Å². The second-order valence-electron chi connectivity index (χ2n) is 2.90. The van der Waals surface area contributed by atoms with Crippen LogP contribution in [0.15, 0.2) is 12.5 Å². The summed E-state index contributed by atoms with van der Waals surface area (Å²) in [5.41, 5.74) is 0.543. The molecule has 1 rings (SSSR count). The van der Waals surface area contributed by atoms with Crippen LogP contribution in [0.2, 0.25) is 0 Å². The molecule has 0 saturated heterocycles. The predicted octanol–water partition coefficient (Wildman–Crippen LogP) is 0.500. The molecule has 0 aliphatic carbocycles. The number of carbonyl (C=O) groups is 1. The first-order valence-electron chi connectivity index (χ1n) is 4.48. The quantitative estimate of drug-likeness (QED) is 0.715. The Morgan fingerprint density at radius 3 is 3.00 bits per heavy atom. The van der Waals surface area contributed by atoms with Crippen LogP contribution < -0.4 is 0 Å². The molecule has 0 bridgehead atoms. The van der Waals surface area contributed by atoms with Gasteiger partial charge in [0.1, 0.15) is 6.04 Å². The number of esters is 1. The van der Waals surface area contributed by atoms with Gasteiger partial charge in [0.05, 0.1) is 25.2 Å². The van der Waals surface area contributed by atoms with E-state index in [2.05, 4.69) is 4.98 Å². The second-order valence-corrected chi connectivity index (χ2v) is 2.90. The summed E-state index contributed by atoms with van der Waals surface area (Å²) < 4.78 is 6.47. The van der Waals surface area contributed by atoms with Crippen LogP contribution in [0.1, 0.15) is 25.6 Å². The Bertz CT molecular complexity index is 309. The number of carbonyl (C=O) groups excluding carboxylic acids is 1. The van der Waals surface area contributed by atoms with Gasteiger partial charge in [0.25, 0.3) is 0 Å². The van der Waals surface area contributed by atoms with Crippen molar-refractivity contribution in [3.8, 4) is 0 Å². The Balaban J connectivity index is 2.68. The zero-order valence-corrected chi connectivity index (χ0v) is 8.30. The van der Waals surface area contributed by atoms with E-state index in [0.29, 0.717) is 12.3 Å². The molecule has 0 radical (unpaired) electrons. The molecule has 1 aromatic rings. The number of aliphatic hydroxyl groups is 1. The van der Waals surface area contributed by atoms with Crippen LogP contribution in [0.25, 0.3) is 0 Å². The van der Waals surface area contributed by atoms with Gasteiger partial charge in [-0.3, -0.25) is 0 Å². The molecule has 0 saturated carbocycles. The molecule has 0 spiro atoms.